The number of nitrogens with zero attached hydrogens (tertiary/aromatic N) is 1. The summed E-state index contributed by atoms with van der Waals surface area (Å²) in [5, 5.41) is 5.03. The number of amides is 1. The van der Waals surface area contributed by atoms with E-state index in [1.165, 1.54) is 0 Å². The van der Waals surface area contributed by atoms with E-state index in [0.29, 0.717) is 12.2 Å². The lowest BCUT2D eigenvalue weighted by Crippen LogP contribution is -2.38. The second-order valence-corrected chi connectivity index (χ2v) is 7.23. The zero-order valence-corrected chi connectivity index (χ0v) is 16.7. The molecule has 4 rings (SSSR count). The van der Waals surface area contributed by atoms with Crippen LogP contribution in [0.1, 0.15) is 15.9 Å². The lowest BCUT2D eigenvalue weighted by molar-refractivity contribution is 0.0323. The van der Waals surface area contributed by atoms with Crippen molar-refractivity contribution >= 4 is 22.4 Å². The number of nitrogens with one attached hydrogen (secondary N) is 1. The Morgan fingerprint density at radius 1 is 1.00 bits per heavy atom. The molecule has 29 heavy (non-hydrogen) atoms. The number of aryl methyl sites for hydroxylation is 1. The maximum absolute atomic E-state index is 12.8. The summed E-state index contributed by atoms with van der Waals surface area (Å²) in [5.41, 5.74) is 2.43. The molecule has 0 bridgehead atoms. The van der Waals surface area contributed by atoms with Crippen molar-refractivity contribution < 1.29 is 14.3 Å². The fraction of sp³-hybridized carbons (Fsp3) is 0.292. The summed E-state index contributed by atoms with van der Waals surface area (Å²) in [4.78, 5) is 15.1. The van der Waals surface area contributed by atoms with Crippen LogP contribution in [0.3, 0.4) is 0 Å². The van der Waals surface area contributed by atoms with E-state index in [2.05, 4.69) is 10.2 Å². The Bertz CT molecular complexity index is 996. The fourth-order valence-electron chi connectivity index (χ4n) is 3.63. The predicted octanol–water partition coefficient (Wildman–Crippen LogP) is 4.11. The van der Waals surface area contributed by atoms with E-state index >= 15 is 0 Å². The SMILES string of the molecule is Cc1ccccc1C(=O)Nc1ccc(OCCN2CCOCC2)c2ccccc12. The molecule has 0 atom stereocenters. The Hall–Kier alpha value is -2.89. The van der Waals surface area contributed by atoms with Crippen LogP contribution in [0.25, 0.3) is 10.8 Å². The normalized spacial score (nSPS) is 14.7. The fourth-order valence-corrected chi connectivity index (χ4v) is 3.63. The molecule has 150 valence electrons. The highest BCUT2D eigenvalue weighted by Gasteiger charge is 2.13. The van der Waals surface area contributed by atoms with Crippen LogP contribution in [0, 0.1) is 6.92 Å². The van der Waals surface area contributed by atoms with Crippen LogP contribution >= 0.6 is 0 Å². The van der Waals surface area contributed by atoms with Gasteiger partial charge in [0.25, 0.3) is 5.91 Å². The molecule has 5 heteroatoms. The second-order valence-electron chi connectivity index (χ2n) is 7.23. The van der Waals surface area contributed by atoms with Gasteiger partial charge in [0.1, 0.15) is 12.4 Å². The largest absolute Gasteiger partial charge is 0.492 e. The first-order valence-corrected chi connectivity index (χ1v) is 10.0. The monoisotopic (exact) mass is 390 g/mol. The second kappa shape index (κ2) is 9.07. The molecule has 1 heterocycles. The summed E-state index contributed by atoms with van der Waals surface area (Å²) in [7, 11) is 0. The number of hydrogen-bond acceptors (Lipinski definition) is 4. The van der Waals surface area contributed by atoms with Crippen molar-refractivity contribution in [3.8, 4) is 5.75 Å². The van der Waals surface area contributed by atoms with Gasteiger partial charge < -0.3 is 14.8 Å². The molecule has 0 spiro atoms. The summed E-state index contributed by atoms with van der Waals surface area (Å²) in [6, 6.07) is 19.5. The van der Waals surface area contributed by atoms with Crippen LogP contribution in [0.2, 0.25) is 0 Å². The highest BCUT2D eigenvalue weighted by Crippen LogP contribution is 2.32. The number of hydrogen-bond donors (Lipinski definition) is 1. The molecule has 0 aliphatic carbocycles. The van der Waals surface area contributed by atoms with E-state index in [1.807, 2.05) is 67.6 Å². The lowest BCUT2D eigenvalue weighted by atomic mass is 10.1. The highest BCUT2D eigenvalue weighted by atomic mass is 16.5. The predicted molar refractivity (Wildman–Crippen MR) is 116 cm³/mol. The Morgan fingerprint density at radius 2 is 1.72 bits per heavy atom. The van der Waals surface area contributed by atoms with E-state index < -0.39 is 0 Å². The molecule has 1 saturated heterocycles. The third-order valence-electron chi connectivity index (χ3n) is 5.29. The van der Waals surface area contributed by atoms with Crippen molar-refractivity contribution in [2.24, 2.45) is 0 Å². The minimum absolute atomic E-state index is 0.103. The van der Waals surface area contributed by atoms with Crippen LogP contribution in [0.15, 0.2) is 60.7 Å². The van der Waals surface area contributed by atoms with Gasteiger partial charge in [0, 0.05) is 41.7 Å². The summed E-state index contributed by atoms with van der Waals surface area (Å²) in [5.74, 6) is 0.733. The Morgan fingerprint density at radius 3 is 2.52 bits per heavy atom. The maximum atomic E-state index is 12.8. The van der Waals surface area contributed by atoms with Gasteiger partial charge in [-0.1, -0.05) is 42.5 Å². The molecule has 1 aliphatic heterocycles. The van der Waals surface area contributed by atoms with Gasteiger partial charge in [-0.3, -0.25) is 9.69 Å². The standard InChI is InChI=1S/C24H26N2O3/c1-18-6-2-3-7-19(18)24(27)25-22-10-11-23(21-9-5-4-8-20(21)22)29-17-14-26-12-15-28-16-13-26/h2-11H,12-17H2,1H3,(H,25,27). The van der Waals surface area contributed by atoms with Crippen molar-refractivity contribution in [2.75, 3.05) is 44.8 Å². The van der Waals surface area contributed by atoms with Crippen LogP contribution < -0.4 is 10.1 Å². The molecule has 0 aromatic heterocycles. The zero-order chi connectivity index (χ0) is 20.1. The van der Waals surface area contributed by atoms with Gasteiger partial charge >= 0.3 is 0 Å². The first-order valence-electron chi connectivity index (χ1n) is 10.0. The summed E-state index contributed by atoms with van der Waals surface area (Å²) >= 11 is 0. The third-order valence-corrected chi connectivity index (χ3v) is 5.29. The topological polar surface area (TPSA) is 50.8 Å². The van der Waals surface area contributed by atoms with E-state index in [0.717, 1.165) is 60.6 Å². The van der Waals surface area contributed by atoms with Gasteiger partial charge in [0.05, 0.1) is 13.2 Å². The number of rotatable bonds is 6. The molecule has 3 aromatic carbocycles. The molecule has 0 radical (unpaired) electrons. The number of anilines is 1. The van der Waals surface area contributed by atoms with E-state index in [4.69, 9.17) is 9.47 Å². The molecule has 1 fully saturated rings. The van der Waals surface area contributed by atoms with Crippen molar-refractivity contribution in [3.63, 3.8) is 0 Å². The Labute approximate surface area is 171 Å². The van der Waals surface area contributed by atoms with Crippen LogP contribution in [0.4, 0.5) is 5.69 Å². The molecule has 3 aromatic rings. The van der Waals surface area contributed by atoms with Crippen LogP contribution in [-0.4, -0.2) is 50.3 Å². The molecule has 0 unspecified atom stereocenters. The zero-order valence-electron chi connectivity index (χ0n) is 16.7. The van der Waals surface area contributed by atoms with Gasteiger partial charge in [-0.2, -0.15) is 0 Å². The van der Waals surface area contributed by atoms with Gasteiger partial charge in [-0.25, -0.2) is 0 Å². The quantitative estimate of drug-likeness (QED) is 0.688. The molecular weight excluding hydrogens is 364 g/mol. The summed E-state index contributed by atoms with van der Waals surface area (Å²) < 4.78 is 11.5. The van der Waals surface area contributed by atoms with E-state index in [-0.39, 0.29) is 5.91 Å². The van der Waals surface area contributed by atoms with Crippen molar-refractivity contribution in [1.29, 1.82) is 0 Å². The summed E-state index contributed by atoms with van der Waals surface area (Å²) in [6.45, 7) is 6.93. The Kier molecular flexibility index (Phi) is 6.08. The molecule has 1 N–H and O–H groups in total. The minimum atomic E-state index is -0.103. The van der Waals surface area contributed by atoms with Gasteiger partial charge in [-0.15, -0.1) is 0 Å². The number of morpholine rings is 1. The summed E-state index contributed by atoms with van der Waals surface area (Å²) in [6.07, 6.45) is 0. The van der Waals surface area contributed by atoms with Crippen molar-refractivity contribution in [1.82, 2.24) is 4.90 Å². The lowest BCUT2D eigenvalue weighted by Gasteiger charge is -2.26. The average molecular weight is 390 g/mol. The van der Waals surface area contributed by atoms with Gasteiger partial charge in [-0.05, 0) is 30.7 Å². The smallest absolute Gasteiger partial charge is 0.255 e. The van der Waals surface area contributed by atoms with E-state index in [9.17, 15) is 4.79 Å². The van der Waals surface area contributed by atoms with Crippen LogP contribution in [0.5, 0.6) is 5.75 Å². The van der Waals surface area contributed by atoms with Gasteiger partial charge in [0.15, 0.2) is 0 Å². The molecular formula is C24H26N2O3. The van der Waals surface area contributed by atoms with Crippen LogP contribution in [-0.2, 0) is 4.74 Å². The number of benzene rings is 3. The maximum Gasteiger partial charge on any atom is 0.255 e. The molecule has 0 saturated carbocycles. The number of carbonyl (C=O) groups excluding carboxylic acids is 1. The highest BCUT2D eigenvalue weighted by molar-refractivity contribution is 6.10. The molecule has 1 amide bonds. The number of fused-ring (bicyclic) bond motifs is 1. The van der Waals surface area contributed by atoms with Gasteiger partial charge in [0.2, 0.25) is 0 Å². The third kappa shape index (κ3) is 4.58. The first-order chi connectivity index (χ1) is 14.2. The first kappa shape index (κ1) is 19.4. The minimum Gasteiger partial charge on any atom is -0.492 e. The van der Waals surface area contributed by atoms with E-state index in [1.54, 1.807) is 0 Å². The number of ether oxygens (including phenoxy) is 2. The number of carbonyl (C=O) groups is 1. The van der Waals surface area contributed by atoms with Crippen molar-refractivity contribution in [3.05, 3.63) is 71.8 Å². The average Bonchev–Trinajstić information content (AvgIpc) is 2.76. The molecule has 5 nitrogen and oxygen atoms in total. The van der Waals surface area contributed by atoms with Crippen molar-refractivity contribution in [2.45, 2.75) is 6.92 Å². The Balaban J connectivity index is 1.50. The molecule has 1 aliphatic rings.